The first-order valence-electron chi connectivity index (χ1n) is 5.63. The topological polar surface area (TPSA) is 26.0 Å². The van der Waals surface area contributed by atoms with Gasteiger partial charge in [0.15, 0.2) is 0 Å². The van der Waals surface area contributed by atoms with E-state index in [-0.39, 0.29) is 5.41 Å². The third-order valence-electron chi connectivity index (χ3n) is 3.08. The maximum absolute atomic E-state index is 5.90. The molecule has 84 valence electrons. The van der Waals surface area contributed by atoms with Crippen molar-refractivity contribution in [3.63, 3.8) is 0 Å². The fourth-order valence-electron chi connectivity index (χ4n) is 2.16. The van der Waals surface area contributed by atoms with Gasteiger partial charge in [-0.1, -0.05) is 44.5 Å². The third kappa shape index (κ3) is 2.82. The van der Waals surface area contributed by atoms with Gasteiger partial charge in [-0.3, -0.25) is 0 Å². The number of hydrogen-bond donors (Lipinski definition) is 1. The molecular weight excluding hydrogens is 182 g/mol. The molecule has 1 heteroatoms. The van der Waals surface area contributed by atoms with E-state index in [1.807, 2.05) is 0 Å². The van der Waals surface area contributed by atoms with Crippen molar-refractivity contribution in [1.29, 1.82) is 0 Å². The Kier molecular flexibility index (Phi) is 3.56. The molecule has 1 rings (SSSR count). The number of hydrogen-bond acceptors (Lipinski definition) is 1. The molecule has 0 radical (unpaired) electrons. The minimum atomic E-state index is 0.231. The van der Waals surface area contributed by atoms with Crippen LogP contribution in [0.5, 0.6) is 0 Å². The van der Waals surface area contributed by atoms with Gasteiger partial charge in [0.05, 0.1) is 0 Å². The predicted octanol–water partition coefficient (Wildman–Crippen LogP) is 3.39. The molecule has 1 unspecified atom stereocenters. The maximum Gasteiger partial charge on any atom is 0.00124 e. The second-order valence-corrected chi connectivity index (χ2v) is 5.51. The summed E-state index contributed by atoms with van der Waals surface area (Å²) in [5.41, 5.74) is 10.2. The van der Waals surface area contributed by atoms with Crippen molar-refractivity contribution < 1.29 is 0 Å². The summed E-state index contributed by atoms with van der Waals surface area (Å²) in [6.45, 7) is 11.8. The van der Waals surface area contributed by atoms with E-state index >= 15 is 0 Å². The van der Waals surface area contributed by atoms with Crippen LogP contribution in [-0.2, 0) is 0 Å². The highest BCUT2D eigenvalue weighted by Gasteiger charge is 2.25. The molecule has 0 fully saturated rings. The summed E-state index contributed by atoms with van der Waals surface area (Å²) in [6, 6.07) is 6.65. The van der Waals surface area contributed by atoms with Crippen molar-refractivity contribution in [2.45, 2.75) is 40.5 Å². The van der Waals surface area contributed by atoms with Crippen LogP contribution in [0.2, 0.25) is 0 Å². The normalized spacial score (nSPS) is 14.0. The molecule has 1 aromatic rings. The van der Waals surface area contributed by atoms with Gasteiger partial charge in [0, 0.05) is 5.92 Å². The summed E-state index contributed by atoms with van der Waals surface area (Å²) < 4.78 is 0. The van der Waals surface area contributed by atoms with Crippen molar-refractivity contribution in [1.82, 2.24) is 0 Å². The Bertz CT molecular complexity index is 334. The second kappa shape index (κ2) is 4.36. The van der Waals surface area contributed by atoms with E-state index in [1.54, 1.807) is 0 Å². The van der Waals surface area contributed by atoms with Crippen molar-refractivity contribution in [2.75, 3.05) is 6.54 Å². The van der Waals surface area contributed by atoms with E-state index in [4.69, 9.17) is 5.73 Å². The number of benzene rings is 1. The van der Waals surface area contributed by atoms with Crippen LogP contribution >= 0.6 is 0 Å². The van der Waals surface area contributed by atoms with Gasteiger partial charge in [-0.15, -0.1) is 0 Å². The Hall–Kier alpha value is -0.820. The fraction of sp³-hybridized carbons (Fsp3) is 0.571. The first kappa shape index (κ1) is 12.3. The molecule has 0 aliphatic rings. The minimum absolute atomic E-state index is 0.231. The lowest BCUT2D eigenvalue weighted by Gasteiger charge is -2.31. The fourth-order valence-corrected chi connectivity index (χ4v) is 2.16. The minimum Gasteiger partial charge on any atom is -0.330 e. The summed E-state index contributed by atoms with van der Waals surface area (Å²) >= 11 is 0. The Morgan fingerprint density at radius 3 is 2.20 bits per heavy atom. The summed E-state index contributed by atoms with van der Waals surface area (Å²) in [5.74, 6) is 0.443. The maximum atomic E-state index is 5.90. The standard InChI is InChI=1S/C14H23N/c1-10-6-7-12(11(2)8-10)13(9-15)14(3,4)5/h6-8,13H,9,15H2,1-5H3. The Balaban J connectivity index is 3.13. The van der Waals surface area contributed by atoms with Crippen LogP contribution in [0.4, 0.5) is 0 Å². The largest absolute Gasteiger partial charge is 0.330 e. The Labute approximate surface area is 93.7 Å². The smallest absolute Gasteiger partial charge is 0.00124 e. The molecule has 1 atom stereocenters. The molecule has 0 heterocycles. The third-order valence-corrected chi connectivity index (χ3v) is 3.08. The van der Waals surface area contributed by atoms with Crippen molar-refractivity contribution in [2.24, 2.45) is 11.1 Å². The van der Waals surface area contributed by atoms with Crippen LogP contribution in [0.3, 0.4) is 0 Å². The SMILES string of the molecule is Cc1ccc(C(CN)C(C)(C)C)c(C)c1. The van der Waals surface area contributed by atoms with Crippen molar-refractivity contribution in [3.05, 3.63) is 34.9 Å². The Morgan fingerprint density at radius 1 is 1.20 bits per heavy atom. The van der Waals surface area contributed by atoms with Crippen molar-refractivity contribution >= 4 is 0 Å². The molecule has 1 nitrogen and oxygen atoms in total. The van der Waals surface area contributed by atoms with Crippen LogP contribution < -0.4 is 5.73 Å². The summed E-state index contributed by atoms with van der Waals surface area (Å²) in [6.07, 6.45) is 0. The molecule has 0 saturated carbocycles. The van der Waals surface area contributed by atoms with Gasteiger partial charge in [-0.2, -0.15) is 0 Å². The first-order valence-corrected chi connectivity index (χ1v) is 5.63. The predicted molar refractivity (Wildman–Crippen MR) is 67.2 cm³/mol. The van der Waals surface area contributed by atoms with Crippen LogP contribution in [0, 0.1) is 19.3 Å². The van der Waals surface area contributed by atoms with Crippen LogP contribution in [0.1, 0.15) is 43.4 Å². The highest BCUT2D eigenvalue weighted by Crippen LogP contribution is 2.35. The number of nitrogens with two attached hydrogens (primary N) is 1. The van der Waals surface area contributed by atoms with Gasteiger partial charge in [0.1, 0.15) is 0 Å². The van der Waals surface area contributed by atoms with E-state index in [0.29, 0.717) is 12.5 Å². The molecule has 0 saturated heterocycles. The van der Waals surface area contributed by atoms with E-state index in [0.717, 1.165) is 0 Å². The lowest BCUT2D eigenvalue weighted by Crippen LogP contribution is -2.26. The monoisotopic (exact) mass is 205 g/mol. The summed E-state index contributed by atoms with van der Waals surface area (Å²) in [7, 11) is 0. The van der Waals surface area contributed by atoms with Crippen molar-refractivity contribution in [3.8, 4) is 0 Å². The molecule has 0 aliphatic carbocycles. The van der Waals surface area contributed by atoms with Crippen LogP contribution in [-0.4, -0.2) is 6.54 Å². The van der Waals surface area contributed by atoms with Gasteiger partial charge in [0.25, 0.3) is 0 Å². The number of rotatable bonds is 2. The van der Waals surface area contributed by atoms with Crippen LogP contribution in [0.25, 0.3) is 0 Å². The number of aryl methyl sites for hydroxylation is 2. The molecular formula is C14H23N. The second-order valence-electron chi connectivity index (χ2n) is 5.51. The van der Waals surface area contributed by atoms with Crippen LogP contribution in [0.15, 0.2) is 18.2 Å². The molecule has 0 spiro atoms. The molecule has 0 aromatic heterocycles. The van der Waals surface area contributed by atoms with E-state index in [9.17, 15) is 0 Å². The van der Waals surface area contributed by atoms with Gasteiger partial charge >= 0.3 is 0 Å². The van der Waals surface area contributed by atoms with Gasteiger partial charge < -0.3 is 5.73 Å². The summed E-state index contributed by atoms with van der Waals surface area (Å²) in [4.78, 5) is 0. The van der Waals surface area contributed by atoms with E-state index in [2.05, 4.69) is 52.8 Å². The molecule has 1 aromatic carbocycles. The average molecular weight is 205 g/mol. The lowest BCUT2D eigenvalue weighted by atomic mass is 9.75. The van der Waals surface area contributed by atoms with Gasteiger partial charge in [-0.05, 0) is 36.9 Å². The lowest BCUT2D eigenvalue weighted by molar-refractivity contribution is 0.324. The highest BCUT2D eigenvalue weighted by molar-refractivity contribution is 5.34. The quantitative estimate of drug-likeness (QED) is 0.787. The zero-order chi connectivity index (χ0) is 11.6. The molecule has 15 heavy (non-hydrogen) atoms. The first-order chi connectivity index (χ1) is 6.86. The van der Waals surface area contributed by atoms with E-state index < -0.39 is 0 Å². The zero-order valence-electron chi connectivity index (χ0n) is 10.6. The highest BCUT2D eigenvalue weighted by atomic mass is 14.6. The van der Waals surface area contributed by atoms with E-state index in [1.165, 1.54) is 16.7 Å². The zero-order valence-corrected chi connectivity index (χ0v) is 10.6. The average Bonchev–Trinajstić information content (AvgIpc) is 2.07. The van der Waals surface area contributed by atoms with Gasteiger partial charge in [0.2, 0.25) is 0 Å². The molecule has 0 bridgehead atoms. The summed E-state index contributed by atoms with van der Waals surface area (Å²) in [5, 5.41) is 0. The molecule has 0 amide bonds. The Morgan fingerprint density at radius 2 is 1.80 bits per heavy atom. The molecule has 2 N–H and O–H groups in total. The molecule has 0 aliphatic heterocycles. The van der Waals surface area contributed by atoms with Gasteiger partial charge in [-0.25, -0.2) is 0 Å².